The number of rotatable bonds is 3. The van der Waals surface area contributed by atoms with Crippen LogP contribution in [0.3, 0.4) is 0 Å². The highest BCUT2D eigenvalue weighted by Gasteiger charge is 2.13. The van der Waals surface area contributed by atoms with Crippen molar-refractivity contribution in [3.8, 4) is 11.3 Å². The molecule has 4 heteroatoms. The summed E-state index contributed by atoms with van der Waals surface area (Å²) in [5, 5.41) is 13.9. The second-order valence-corrected chi connectivity index (χ2v) is 7.66. The van der Waals surface area contributed by atoms with Gasteiger partial charge in [0, 0.05) is 28.2 Å². The first-order valence-electron chi connectivity index (χ1n) is 9.05. The Bertz CT molecular complexity index is 1060. The van der Waals surface area contributed by atoms with E-state index >= 15 is 0 Å². The van der Waals surface area contributed by atoms with Gasteiger partial charge in [-0.15, -0.1) is 5.10 Å². The summed E-state index contributed by atoms with van der Waals surface area (Å²) in [5.41, 5.74) is 4.45. The van der Waals surface area contributed by atoms with Crippen molar-refractivity contribution in [2.75, 3.05) is 5.32 Å². The van der Waals surface area contributed by atoms with E-state index in [-0.39, 0.29) is 5.41 Å². The van der Waals surface area contributed by atoms with Crippen LogP contribution in [0.15, 0.2) is 73.1 Å². The van der Waals surface area contributed by atoms with Gasteiger partial charge in [0.15, 0.2) is 5.82 Å². The van der Waals surface area contributed by atoms with E-state index in [0.29, 0.717) is 0 Å². The zero-order valence-corrected chi connectivity index (χ0v) is 15.8. The Morgan fingerprint density at radius 1 is 0.889 bits per heavy atom. The quantitative estimate of drug-likeness (QED) is 0.510. The largest absolute Gasteiger partial charge is 0.338 e. The zero-order chi connectivity index (χ0) is 18.9. The Balaban J connectivity index is 1.66. The van der Waals surface area contributed by atoms with Crippen molar-refractivity contribution in [3.05, 3.63) is 78.6 Å². The molecule has 0 amide bonds. The molecule has 2 aromatic carbocycles. The standard InChI is InChI=1S/C23H22N4/c1-23(2,3)18-8-10-19(11-9-18)26-22-20-12-7-16(14-17(20)15-25-27-22)21-6-4-5-13-24-21/h4-15H,1-3H3,(H,26,27). The lowest BCUT2D eigenvalue weighted by atomic mass is 9.87. The van der Waals surface area contributed by atoms with E-state index in [2.05, 4.69) is 83.7 Å². The molecule has 2 heterocycles. The molecule has 0 aliphatic rings. The van der Waals surface area contributed by atoms with E-state index < -0.39 is 0 Å². The summed E-state index contributed by atoms with van der Waals surface area (Å²) in [5.74, 6) is 0.753. The molecular formula is C23H22N4. The Hall–Kier alpha value is -3.27. The van der Waals surface area contributed by atoms with E-state index in [9.17, 15) is 0 Å². The minimum absolute atomic E-state index is 0.139. The van der Waals surface area contributed by atoms with E-state index in [1.54, 1.807) is 12.4 Å². The zero-order valence-electron chi connectivity index (χ0n) is 15.8. The van der Waals surface area contributed by atoms with Crippen molar-refractivity contribution in [1.29, 1.82) is 0 Å². The van der Waals surface area contributed by atoms with Gasteiger partial charge in [0.05, 0.1) is 11.9 Å². The molecule has 0 saturated heterocycles. The molecule has 4 aromatic rings. The maximum atomic E-state index is 4.42. The number of aromatic nitrogens is 3. The predicted octanol–water partition coefficient (Wildman–Crippen LogP) is 5.73. The summed E-state index contributed by atoms with van der Waals surface area (Å²) in [6.45, 7) is 6.64. The van der Waals surface area contributed by atoms with Crippen molar-refractivity contribution in [2.45, 2.75) is 26.2 Å². The van der Waals surface area contributed by atoms with Crippen LogP contribution >= 0.6 is 0 Å². The topological polar surface area (TPSA) is 50.7 Å². The normalized spacial score (nSPS) is 11.5. The molecule has 1 N–H and O–H groups in total. The van der Waals surface area contributed by atoms with E-state index in [4.69, 9.17) is 0 Å². The molecule has 0 aliphatic carbocycles. The van der Waals surface area contributed by atoms with Gasteiger partial charge in [-0.2, -0.15) is 5.10 Å². The second kappa shape index (κ2) is 6.80. The van der Waals surface area contributed by atoms with Crippen LogP contribution in [0.5, 0.6) is 0 Å². The number of hydrogen-bond donors (Lipinski definition) is 1. The van der Waals surface area contributed by atoms with E-state index in [1.807, 2.05) is 18.2 Å². The fourth-order valence-electron chi connectivity index (χ4n) is 3.06. The van der Waals surface area contributed by atoms with Gasteiger partial charge in [0.2, 0.25) is 0 Å². The van der Waals surface area contributed by atoms with E-state index in [1.165, 1.54) is 5.56 Å². The van der Waals surface area contributed by atoms with Crippen LogP contribution < -0.4 is 5.32 Å². The van der Waals surface area contributed by atoms with Crippen molar-refractivity contribution >= 4 is 22.3 Å². The summed E-state index contributed by atoms with van der Waals surface area (Å²) >= 11 is 0. The fraction of sp³-hybridized carbons (Fsp3) is 0.174. The van der Waals surface area contributed by atoms with Crippen molar-refractivity contribution in [1.82, 2.24) is 15.2 Å². The fourth-order valence-corrected chi connectivity index (χ4v) is 3.06. The molecule has 0 saturated carbocycles. The summed E-state index contributed by atoms with van der Waals surface area (Å²) < 4.78 is 0. The van der Waals surface area contributed by atoms with Crippen LogP contribution in [-0.4, -0.2) is 15.2 Å². The molecule has 0 unspecified atom stereocenters. The number of anilines is 2. The number of pyridine rings is 1. The van der Waals surface area contributed by atoms with Crippen molar-refractivity contribution in [2.24, 2.45) is 0 Å². The molecular weight excluding hydrogens is 332 g/mol. The van der Waals surface area contributed by atoms with Crippen molar-refractivity contribution < 1.29 is 0 Å². The number of benzene rings is 2. The van der Waals surface area contributed by atoms with Crippen LogP contribution in [0.2, 0.25) is 0 Å². The first-order chi connectivity index (χ1) is 13.0. The molecule has 134 valence electrons. The smallest absolute Gasteiger partial charge is 0.160 e. The minimum Gasteiger partial charge on any atom is -0.338 e. The van der Waals surface area contributed by atoms with Gasteiger partial charge in [-0.3, -0.25) is 4.98 Å². The molecule has 0 radical (unpaired) electrons. The second-order valence-electron chi connectivity index (χ2n) is 7.66. The number of hydrogen-bond acceptors (Lipinski definition) is 4. The minimum atomic E-state index is 0.139. The van der Waals surface area contributed by atoms with Crippen LogP contribution in [0.1, 0.15) is 26.3 Å². The van der Waals surface area contributed by atoms with Gasteiger partial charge in [-0.1, -0.05) is 45.0 Å². The summed E-state index contributed by atoms with van der Waals surface area (Å²) in [6, 6.07) is 20.6. The van der Waals surface area contributed by atoms with Gasteiger partial charge in [-0.05, 0) is 47.4 Å². The average Bonchev–Trinajstić information content (AvgIpc) is 2.68. The maximum absolute atomic E-state index is 4.42. The van der Waals surface area contributed by atoms with Crippen LogP contribution in [-0.2, 0) is 5.41 Å². The molecule has 4 rings (SSSR count). The van der Waals surface area contributed by atoms with E-state index in [0.717, 1.165) is 33.5 Å². The third kappa shape index (κ3) is 3.65. The highest BCUT2D eigenvalue weighted by Crippen LogP contribution is 2.29. The molecule has 27 heavy (non-hydrogen) atoms. The molecule has 0 fully saturated rings. The number of nitrogens with zero attached hydrogens (tertiary/aromatic N) is 3. The van der Waals surface area contributed by atoms with Gasteiger partial charge in [0.25, 0.3) is 0 Å². The lowest BCUT2D eigenvalue weighted by molar-refractivity contribution is 0.590. The van der Waals surface area contributed by atoms with Crippen LogP contribution in [0, 0.1) is 0 Å². The summed E-state index contributed by atoms with van der Waals surface area (Å²) in [7, 11) is 0. The van der Waals surface area contributed by atoms with Gasteiger partial charge < -0.3 is 5.32 Å². The molecule has 0 spiro atoms. The van der Waals surface area contributed by atoms with Crippen LogP contribution in [0.4, 0.5) is 11.5 Å². The highest BCUT2D eigenvalue weighted by atomic mass is 15.2. The molecule has 4 nitrogen and oxygen atoms in total. The number of fused-ring (bicyclic) bond motifs is 1. The predicted molar refractivity (Wildman–Crippen MR) is 111 cm³/mol. The number of nitrogens with one attached hydrogen (secondary N) is 1. The summed E-state index contributed by atoms with van der Waals surface area (Å²) in [4.78, 5) is 4.42. The first kappa shape index (κ1) is 17.2. The first-order valence-corrected chi connectivity index (χ1v) is 9.05. The van der Waals surface area contributed by atoms with Gasteiger partial charge in [0.1, 0.15) is 0 Å². The lowest BCUT2D eigenvalue weighted by Gasteiger charge is -2.19. The molecule has 0 aliphatic heterocycles. The maximum Gasteiger partial charge on any atom is 0.160 e. The molecule has 0 atom stereocenters. The third-order valence-electron chi connectivity index (χ3n) is 4.64. The Kier molecular flexibility index (Phi) is 4.32. The third-order valence-corrected chi connectivity index (χ3v) is 4.64. The molecule has 0 bridgehead atoms. The van der Waals surface area contributed by atoms with Crippen LogP contribution in [0.25, 0.3) is 22.0 Å². The Morgan fingerprint density at radius 3 is 2.41 bits per heavy atom. The monoisotopic (exact) mass is 354 g/mol. The highest BCUT2D eigenvalue weighted by molar-refractivity contribution is 5.94. The average molecular weight is 354 g/mol. The molecule has 2 aromatic heterocycles. The lowest BCUT2D eigenvalue weighted by Crippen LogP contribution is -2.10. The van der Waals surface area contributed by atoms with Gasteiger partial charge >= 0.3 is 0 Å². The van der Waals surface area contributed by atoms with Crippen molar-refractivity contribution in [3.63, 3.8) is 0 Å². The Labute approximate surface area is 159 Å². The SMILES string of the molecule is CC(C)(C)c1ccc(Nc2nncc3cc(-c4ccccn4)ccc23)cc1. The van der Waals surface area contributed by atoms with Gasteiger partial charge in [-0.25, -0.2) is 0 Å². The summed E-state index contributed by atoms with van der Waals surface area (Å²) in [6.07, 6.45) is 3.59. The Morgan fingerprint density at radius 2 is 1.70 bits per heavy atom.